The first-order chi connectivity index (χ1) is 11.2. The first-order valence-corrected chi connectivity index (χ1v) is 8.27. The Labute approximate surface area is 137 Å². The van der Waals surface area contributed by atoms with E-state index in [4.69, 9.17) is 0 Å². The van der Waals surface area contributed by atoms with Gasteiger partial charge in [0.25, 0.3) is 5.91 Å². The van der Waals surface area contributed by atoms with E-state index in [1.165, 1.54) is 5.56 Å². The standard InChI is InChI=1S/C18H24N4O/c1-3-22-17(13-15(2)19-22)18(23)21-11-9-20(10-12-21)14-16-7-5-4-6-8-16/h4-8,13H,3,9-12,14H2,1-2H3. The van der Waals surface area contributed by atoms with Gasteiger partial charge in [0, 0.05) is 39.3 Å². The first kappa shape index (κ1) is 15.7. The highest BCUT2D eigenvalue weighted by atomic mass is 16.2. The molecule has 0 bridgehead atoms. The number of amides is 1. The average Bonchev–Trinajstić information content (AvgIpc) is 2.97. The van der Waals surface area contributed by atoms with E-state index >= 15 is 0 Å². The van der Waals surface area contributed by atoms with Crippen molar-refractivity contribution in [3.8, 4) is 0 Å². The number of aryl methyl sites for hydroxylation is 2. The Hall–Kier alpha value is -2.14. The van der Waals surface area contributed by atoms with Crippen LogP contribution in [0.15, 0.2) is 36.4 Å². The van der Waals surface area contributed by atoms with Gasteiger partial charge < -0.3 is 4.90 Å². The van der Waals surface area contributed by atoms with Gasteiger partial charge in [-0.2, -0.15) is 5.10 Å². The number of nitrogens with zero attached hydrogens (tertiary/aromatic N) is 4. The molecule has 0 N–H and O–H groups in total. The largest absolute Gasteiger partial charge is 0.335 e. The van der Waals surface area contributed by atoms with Crippen molar-refractivity contribution >= 4 is 5.91 Å². The number of carbonyl (C=O) groups is 1. The van der Waals surface area contributed by atoms with Crippen LogP contribution in [0.1, 0.15) is 28.7 Å². The Morgan fingerprint density at radius 3 is 2.48 bits per heavy atom. The van der Waals surface area contributed by atoms with Crippen LogP contribution in [0.4, 0.5) is 0 Å². The molecule has 0 saturated carbocycles. The number of carbonyl (C=O) groups excluding carboxylic acids is 1. The topological polar surface area (TPSA) is 41.4 Å². The fraction of sp³-hybridized carbons (Fsp3) is 0.444. The summed E-state index contributed by atoms with van der Waals surface area (Å²) in [7, 11) is 0. The van der Waals surface area contributed by atoms with Gasteiger partial charge >= 0.3 is 0 Å². The lowest BCUT2D eigenvalue weighted by molar-refractivity contribution is 0.0616. The molecule has 0 radical (unpaired) electrons. The van der Waals surface area contributed by atoms with Gasteiger partial charge in [-0.15, -0.1) is 0 Å². The molecule has 1 aliphatic heterocycles. The highest BCUT2D eigenvalue weighted by molar-refractivity contribution is 5.92. The van der Waals surface area contributed by atoms with Crippen LogP contribution < -0.4 is 0 Å². The van der Waals surface area contributed by atoms with E-state index in [1.807, 2.05) is 30.9 Å². The number of aromatic nitrogens is 2. The second kappa shape index (κ2) is 6.96. The summed E-state index contributed by atoms with van der Waals surface area (Å²) in [6.45, 7) is 9.01. The predicted octanol–water partition coefficient (Wildman–Crippen LogP) is 2.17. The highest BCUT2D eigenvalue weighted by Gasteiger charge is 2.24. The maximum atomic E-state index is 12.7. The van der Waals surface area contributed by atoms with Crippen LogP contribution >= 0.6 is 0 Å². The Morgan fingerprint density at radius 1 is 1.13 bits per heavy atom. The van der Waals surface area contributed by atoms with Crippen LogP contribution in [0.5, 0.6) is 0 Å². The molecule has 23 heavy (non-hydrogen) atoms. The molecule has 0 atom stereocenters. The van der Waals surface area contributed by atoms with Gasteiger partial charge in [0.15, 0.2) is 0 Å². The van der Waals surface area contributed by atoms with E-state index in [0.29, 0.717) is 5.69 Å². The minimum atomic E-state index is 0.104. The van der Waals surface area contributed by atoms with E-state index in [-0.39, 0.29) is 5.91 Å². The molecule has 122 valence electrons. The molecular weight excluding hydrogens is 288 g/mol. The minimum absolute atomic E-state index is 0.104. The summed E-state index contributed by atoms with van der Waals surface area (Å²) in [5, 5.41) is 4.37. The van der Waals surface area contributed by atoms with Crippen molar-refractivity contribution in [3.63, 3.8) is 0 Å². The van der Waals surface area contributed by atoms with Gasteiger partial charge in [0.05, 0.1) is 5.69 Å². The molecule has 0 aliphatic carbocycles. The van der Waals surface area contributed by atoms with E-state index in [1.54, 1.807) is 4.68 Å². The second-order valence-corrected chi connectivity index (χ2v) is 6.04. The number of rotatable bonds is 4. The second-order valence-electron chi connectivity index (χ2n) is 6.04. The molecular formula is C18H24N4O. The lowest BCUT2D eigenvalue weighted by atomic mass is 10.2. The summed E-state index contributed by atoms with van der Waals surface area (Å²) in [5.74, 6) is 0.104. The van der Waals surface area contributed by atoms with Crippen LogP contribution in [-0.2, 0) is 13.1 Å². The molecule has 1 aliphatic rings. The lowest BCUT2D eigenvalue weighted by Crippen LogP contribution is -2.48. The maximum Gasteiger partial charge on any atom is 0.272 e. The predicted molar refractivity (Wildman–Crippen MR) is 90.3 cm³/mol. The average molecular weight is 312 g/mol. The zero-order chi connectivity index (χ0) is 16.2. The third-order valence-corrected chi connectivity index (χ3v) is 4.33. The summed E-state index contributed by atoms with van der Waals surface area (Å²) in [5.41, 5.74) is 2.94. The quantitative estimate of drug-likeness (QED) is 0.869. The Balaban J connectivity index is 1.59. The zero-order valence-corrected chi connectivity index (χ0v) is 13.9. The van der Waals surface area contributed by atoms with Gasteiger partial charge in [0.2, 0.25) is 0 Å². The van der Waals surface area contributed by atoms with Crippen molar-refractivity contribution in [2.45, 2.75) is 26.9 Å². The molecule has 1 saturated heterocycles. The summed E-state index contributed by atoms with van der Waals surface area (Å²) >= 11 is 0. The van der Waals surface area contributed by atoms with Gasteiger partial charge in [-0.25, -0.2) is 0 Å². The smallest absolute Gasteiger partial charge is 0.272 e. The molecule has 1 fully saturated rings. The molecule has 1 aromatic heterocycles. The molecule has 3 rings (SSSR count). The highest BCUT2D eigenvalue weighted by Crippen LogP contribution is 2.12. The van der Waals surface area contributed by atoms with E-state index < -0.39 is 0 Å². The van der Waals surface area contributed by atoms with Crippen molar-refractivity contribution in [3.05, 3.63) is 53.3 Å². The van der Waals surface area contributed by atoms with Crippen LogP contribution in [0.25, 0.3) is 0 Å². The van der Waals surface area contributed by atoms with Crippen molar-refractivity contribution in [1.29, 1.82) is 0 Å². The minimum Gasteiger partial charge on any atom is -0.335 e. The van der Waals surface area contributed by atoms with Crippen molar-refractivity contribution < 1.29 is 4.79 Å². The first-order valence-electron chi connectivity index (χ1n) is 8.27. The number of hydrogen-bond donors (Lipinski definition) is 0. The molecule has 1 aromatic carbocycles. The number of piperazine rings is 1. The summed E-state index contributed by atoms with van der Waals surface area (Å²) < 4.78 is 1.80. The Morgan fingerprint density at radius 2 is 1.83 bits per heavy atom. The van der Waals surface area contributed by atoms with E-state index in [9.17, 15) is 4.79 Å². The molecule has 5 nitrogen and oxygen atoms in total. The lowest BCUT2D eigenvalue weighted by Gasteiger charge is -2.34. The van der Waals surface area contributed by atoms with E-state index in [2.05, 4.69) is 34.3 Å². The monoisotopic (exact) mass is 312 g/mol. The Bertz CT molecular complexity index is 657. The van der Waals surface area contributed by atoms with Crippen LogP contribution in [-0.4, -0.2) is 51.7 Å². The summed E-state index contributed by atoms with van der Waals surface area (Å²) in [6, 6.07) is 12.4. The van der Waals surface area contributed by atoms with Gasteiger partial charge in [-0.1, -0.05) is 30.3 Å². The third kappa shape index (κ3) is 3.62. The normalized spacial score (nSPS) is 15.8. The van der Waals surface area contributed by atoms with Crippen molar-refractivity contribution in [2.75, 3.05) is 26.2 Å². The molecule has 0 spiro atoms. The van der Waals surface area contributed by atoms with Crippen LogP contribution in [0.2, 0.25) is 0 Å². The zero-order valence-electron chi connectivity index (χ0n) is 13.9. The molecule has 1 amide bonds. The molecule has 2 heterocycles. The van der Waals surface area contributed by atoms with Crippen molar-refractivity contribution in [1.82, 2.24) is 19.6 Å². The van der Waals surface area contributed by atoms with Crippen molar-refractivity contribution in [2.24, 2.45) is 0 Å². The third-order valence-electron chi connectivity index (χ3n) is 4.33. The Kier molecular flexibility index (Phi) is 4.76. The van der Waals surface area contributed by atoms with Crippen LogP contribution in [0, 0.1) is 6.92 Å². The SMILES string of the molecule is CCn1nc(C)cc1C(=O)N1CCN(Cc2ccccc2)CC1. The van der Waals surface area contributed by atoms with Gasteiger partial charge in [0.1, 0.15) is 5.69 Å². The number of hydrogen-bond acceptors (Lipinski definition) is 3. The summed E-state index contributed by atoms with van der Waals surface area (Å²) in [6.07, 6.45) is 0. The molecule has 5 heteroatoms. The molecule has 2 aromatic rings. The van der Waals surface area contributed by atoms with Crippen LogP contribution in [0.3, 0.4) is 0 Å². The van der Waals surface area contributed by atoms with Gasteiger partial charge in [-0.05, 0) is 25.5 Å². The van der Waals surface area contributed by atoms with E-state index in [0.717, 1.165) is 45.0 Å². The number of benzene rings is 1. The fourth-order valence-electron chi connectivity index (χ4n) is 3.07. The maximum absolute atomic E-state index is 12.7. The summed E-state index contributed by atoms with van der Waals surface area (Å²) in [4.78, 5) is 17.1. The molecule has 0 unspecified atom stereocenters. The fourth-order valence-corrected chi connectivity index (χ4v) is 3.07. The van der Waals surface area contributed by atoms with Gasteiger partial charge in [-0.3, -0.25) is 14.4 Å².